The standard InChI is InChI=1S/C35H66N4O3/c1-10-11-12-13-14-15-16-17-18-20-23-36-33(40)29(8)25-31(26(2)3)38(9)35(42)32(27(4)5)37-34(41)30-22-19-21-24-39(30)28(6)7/h25-28,30-32H,10-24H2,1-9H3,(H,36,40)(H,37,41)/t30-,31-,32+/m1/s1. The number of rotatable bonds is 20. The molecule has 1 heterocycles. The lowest BCUT2D eigenvalue weighted by atomic mass is 9.95. The quantitative estimate of drug-likeness (QED) is 0.120. The molecule has 7 heteroatoms. The Hall–Kier alpha value is -1.89. The molecule has 1 rings (SSSR count). The van der Waals surface area contributed by atoms with E-state index in [-0.39, 0.29) is 47.7 Å². The van der Waals surface area contributed by atoms with Crippen molar-refractivity contribution in [3.8, 4) is 0 Å². The molecule has 2 N–H and O–H groups in total. The fourth-order valence-electron chi connectivity index (χ4n) is 6.02. The number of hydrogen-bond acceptors (Lipinski definition) is 4. The third-order valence-corrected chi connectivity index (χ3v) is 8.81. The lowest BCUT2D eigenvalue weighted by Crippen LogP contribution is -2.58. The van der Waals surface area contributed by atoms with Crippen LogP contribution in [-0.4, -0.2) is 71.8 Å². The summed E-state index contributed by atoms with van der Waals surface area (Å²) in [5.74, 6) is -0.178. The number of carbonyl (C=O) groups excluding carboxylic acids is 3. The number of hydrogen-bond donors (Lipinski definition) is 2. The van der Waals surface area contributed by atoms with E-state index in [9.17, 15) is 14.4 Å². The van der Waals surface area contributed by atoms with E-state index in [0.29, 0.717) is 12.1 Å². The Morgan fingerprint density at radius 2 is 1.43 bits per heavy atom. The average Bonchev–Trinajstić information content (AvgIpc) is 2.95. The zero-order valence-corrected chi connectivity index (χ0v) is 28.8. The Balaban J connectivity index is 2.67. The van der Waals surface area contributed by atoms with Crippen LogP contribution in [0.25, 0.3) is 0 Å². The molecule has 1 fully saturated rings. The Bertz CT molecular complexity index is 823. The molecule has 1 saturated heterocycles. The third kappa shape index (κ3) is 13.6. The molecule has 7 nitrogen and oxygen atoms in total. The molecule has 0 saturated carbocycles. The number of likely N-dealkylation sites (tertiary alicyclic amines) is 1. The number of likely N-dealkylation sites (N-methyl/N-ethyl adjacent to an activating group) is 1. The molecule has 3 atom stereocenters. The van der Waals surface area contributed by atoms with Crippen LogP contribution >= 0.6 is 0 Å². The van der Waals surface area contributed by atoms with Crippen LogP contribution in [0.5, 0.6) is 0 Å². The van der Waals surface area contributed by atoms with Gasteiger partial charge in [-0.1, -0.05) is 105 Å². The van der Waals surface area contributed by atoms with E-state index in [1.54, 1.807) is 11.9 Å². The molecular formula is C35H66N4O3. The molecule has 0 aromatic rings. The van der Waals surface area contributed by atoms with Gasteiger partial charge in [-0.3, -0.25) is 19.3 Å². The lowest BCUT2D eigenvalue weighted by Gasteiger charge is -2.39. The molecule has 244 valence electrons. The van der Waals surface area contributed by atoms with Crippen LogP contribution in [0, 0.1) is 11.8 Å². The van der Waals surface area contributed by atoms with E-state index >= 15 is 0 Å². The van der Waals surface area contributed by atoms with Gasteiger partial charge in [0.15, 0.2) is 0 Å². The van der Waals surface area contributed by atoms with Crippen LogP contribution in [0.3, 0.4) is 0 Å². The maximum atomic E-state index is 13.8. The van der Waals surface area contributed by atoms with Crippen LogP contribution in [0.4, 0.5) is 0 Å². The van der Waals surface area contributed by atoms with Crippen molar-refractivity contribution in [3.63, 3.8) is 0 Å². The summed E-state index contributed by atoms with van der Waals surface area (Å²) >= 11 is 0. The van der Waals surface area contributed by atoms with Crippen LogP contribution in [0.2, 0.25) is 0 Å². The summed E-state index contributed by atoms with van der Waals surface area (Å²) in [6, 6.07) is -0.772. The summed E-state index contributed by atoms with van der Waals surface area (Å²) in [6.07, 6.45) is 17.5. The molecule has 3 amide bonds. The first-order valence-electron chi connectivity index (χ1n) is 17.2. The summed E-state index contributed by atoms with van der Waals surface area (Å²) in [5, 5.41) is 6.18. The highest BCUT2D eigenvalue weighted by Gasteiger charge is 2.36. The minimum Gasteiger partial charge on any atom is -0.352 e. The smallest absolute Gasteiger partial charge is 0.246 e. The highest BCUT2D eigenvalue weighted by Crippen LogP contribution is 2.21. The largest absolute Gasteiger partial charge is 0.352 e. The van der Waals surface area contributed by atoms with Gasteiger partial charge in [-0.25, -0.2) is 0 Å². The second-order valence-corrected chi connectivity index (χ2v) is 13.5. The van der Waals surface area contributed by atoms with Gasteiger partial charge in [-0.2, -0.15) is 0 Å². The van der Waals surface area contributed by atoms with Crippen molar-refractivity contribution in [1.82, 2.24) is 20.4 Å². The van der Waals surface area contributed by atoms with Gasteiger partial charge in [0.25, 0.3) is 0 Å². The molecule has 0 aromatic carbocycles. The summed E-state index contributed by atoms with van der Waals surface area (Å²) in [4.78, 5) is 44.0. The summed E-state index contributed by atoms with van der Waals surface area (Å²) < 4.78 is 0. The number of nitrogens with one attached hydrogen (secondary N) is 2. The second-order valence-electron chi connectivity index (χ2n) is 13.5. The van der Waals surface area contributed by atoms with Crippen LogP contribution in [0.1, 0.15) is 139 Å². The number of unbranched alkanes of at least 4 members (excludes halogenated alkanes) is 9. The molecule has 0 unspecified atom stereocenters. The van der Waals surface area contributed by atoms with Crippen molar-refractivity contribution in [2.45, 2.75) is 163 Å². The molecule has 1 aliphatic rings. The van der Waals surface area contributed by atoms with E-state index in [1.165, 1.54) is 51.4 Å². The predicted molar refractivity (Wildman–Crippen MR) is 176 cm³/mol. The topological polar surface area (TPSA) is 81.8 Å². The fourth-order valence-corrected chi connectivity index (χ4v) is 6.02. The zero-order chi connectivity index (χ0) is 31.7. The van der Waals surface area contributed by atoms with Crippen LogP contribution in [0.15, 0.2) is 11.6 Å². The van der Waals surface area contributed by atoms with Crippen LogP contribution < -0.4 is 10.6 Å². The molecular weight excluding hydrogens is 524 g/mol. The summed E-state index contributed by atoms with van der Waals surface area (Å²) in [7, 11) is 1.79. The van der Waals surface area contributed by atoms with Gasteiger partial charge in [0.05, 0.1) is 12.1 Å². The first kappa shape index (κ1) is 38.1. The molecule has 1 aliphatic heterocycles. The third-order valence-electron chi connectivity index (χ3n) is 8.81. The number of nitrogens with zero attached hydrogens (tertiary/aromatic N) is 2. The van der Waals surface area contributed by atoms with Gasteiger partial charge < -0.3 is 15.5 Å². The Kier molecular flexibility index (Phi) is 19.0. The van der Waals surface area contributed by atoms with Gasteiger partial charge in [0.1, 0.15) is 6.04 Å². The van der Waals surface area contributed by atoms with Gasteiger partial charge in [0, 0.05) is 25.2 Å². The van der Waals surface area contributed by atoms with Crippen molar-refractivity contribution in [2.24, 2.45) is 11.8 Å². The lowest BCUT2D eigenvalue weighted by molar-refractivity contribution is -0.140. The minimum absolute atomic E-state index is 0.0528. The predicted octanol–water partition coefficient (Wildman–Crippen LogP) is 6.86. The van der Waals surface area contributed by atoms with Crippen molar-refractivity contribution in [2.75, 3.05) is 20.1 Å². The van der Waals surface area contributed by atoms with Gasteiger partial charge in [-0.05, 0) is 58.4 Å². The van der Waals surface area contributed by atoms with Gasteiger partial charge in [0.2, 0.25) is 17.7 Å². The Morgan fingerprint density at radius 1 is 0.857 bits per heavy atom. The molecule has 0 bridgehead atoms. The van der Waals surface area contributed by atoms with Crippen molar-refractivity contribution in [3.05, 3.63) is 11.6 Å². The van der Waals surface area contributed by atoms with E-state index in [2.05, 4.69) is 50.2 Å². The molecule has 0 aromatic heterocycles. The minimum atomic E-state index is -0.612. The monoisotopic (exact) mass is 591 g/mol. The van der Waals surface area contributed by atoms with Crippen molar-refractivity contribution >= 4 is 17.7 Å². The van der Waals surface area contributed by atoms with Crippen molar-refractivity contribution < 1.29 is 14.4 Å². The van der Waals surface area contributed by atoms with E-state index in [1.807, 2.05) is 26.8 Å². The Morgan fingerprint density at radius 3 is 1.95 bits per heavy atom. The van der Waals surface area contributed by atoms with E-state index in [4.69, 9.17) is 0 Å². The van der Waals surface area contributed by atoms with Gasteiger partial charge >= 0.3 is 0 Å². The fraction of sp³-hybridized carbons (Fsp3) is 0.857. The highest BCUT2D eigenvalue weighted by molar-refractivity contribution is 5.93. The average molecular weight is 591 g/mol. The van der Waals surface area contributed by atoms with E-state index in [0.717, 1.165) is 38.6 Å². The normalized spacial score (nSPS) is 17.9. The molecule has 0 aliphatic carbocycles. The first-order valence-corrected chi connectivity index (χ1v) is 17.2. The highest BCUT2D eigenvalue weighted by atomic mass is 16.2. The number of amides is 3. The first-order chi connectivity index (χ1) is 19.9. The van der Waals surface area contributed by atoms with Gasteiger partial charge in [-0.15, -0.1) is 0 Å². The molecule has 0 spiro atoms. The molecule has 42 heavy (non-hydrogen) atoms. The summed E-state index contributed by atoms with van der Waals surface area (Å²) in [5.41, 5.74) is 0.625. The maximum absolute atomic E-state index is 13.8. The number of carbonyl (C=O) groups is 3. The van der Waals surface area contributed by atoms with Crippen LogP contribution in [-0.2, 0) is 14.4 Å². The van der Waals surface area contributed by atoms with E-state index < -0.39 is 6.04 Å². The summed E-state index contributed by atoms with van der Waals surface area (Å²) in [6.45, 7) is 18.0. The SMILES string of the molecule is CCCCCCCCCCCCNC(=O)C(C)=C[C@H](C(C)C)N(C)C(=O)[C@@H](NC(=O)[C@H]1CCCCN1C(C)C)C(C)C. The molecule has 0 radical (unpaired) electrons. The maximum Gasteiger partial charge on any atom is 0.246 e. The second kappa shape index (κ2) is 20.9. The van der Waals surface area contributed by atoms with Crippen molar-refractivity contribution in [1.29, 1.82) is 0 Å². The zero-order valence-electron chi connectivity index (χ0n) is 28.8. The Labute approximate surface area is 259 Å². The number of piperidine rings is 1.